The van der Waals surface area contributed by atoms with Gasteiger partial charge >= 0.3 is 0 Å². The number of rotatable bonds is 4. The Balaban J connectivity index is 2.05. The van der Waals surface area contributed by atoms with E-state index in [0.29, 0.717) is 17.2 Å². The summed E-state index contributed by atoms with van der Waals surface area (Å²) in [6.07, 6.45) is 3.79. The highest BCUT2D eigenvalue weighted by molar-refractivity contribution is 9.10. The number of benzene rings is 1. The van der Waals surface area contributed by atoms with Crippen molar-refractivity contribution >= 4 is 21.8 Å². The van der Waals surface area contributed by atoms with Crippen LogP contribution in [0.1, 0.15) is 29.6 Å². The molecule has 2 rings (SSSR count). The van der Waals surface area contributed by atoms with Gasteiger partial charge in [0.05, 0.1) is 11.1 Å². The van der Waals surface area contributed by atoms with Crippen LogP contribution in [0.15, 0.2) is 22.7 Å². The third-order valence-corrected chi connectivity index (χ3v) is 3.57. The SMILES string of the molecule is NC(=O)c1ccc(Br)c(OCC2CCC2)c1. The largest absolute Gasteiger partial charge is 0.492 e. The molecule has 0 spiro atoms. The van der Waals surface area contributed by atoms with E-state index in [1.807, 2.05) is 0 Å². The summed E-state index contributed by atoms with van der Waals surface area (Å²) in [4.78, 5) is 11.0. The number of carbonyl (C=O) groups is 1. The van der Waals surface area contributed by atoms with E-state index in [0.717, 1.165) is 11.1 Å². The second-order valence-corrected chi connectivity index (χ2v) is 4.97. The predicted molar refractivity (Wildman–Crippen MR) is 65.5 cm³/mol. The minimum absolute atomic E-state index is 0.430. The standard InChI is InChI=1S/C12H14BrNO2/c13-10-5-4-9(12(14)15)6-11(10)16-7-8-2-1-3-8/h4-6,8H,1-3,7H2,(H2,14,15). The first-order valence-corrected chi connectivity index (χ1v) is 6.18. The van der Waals surface area contributed by atoms with Crippen molar-refractivity contribution in [3.63, 3.8) is 0 Å². The van der Waals surface area contributed by atoms with Gasteiger partial charge in [0, 0.05) is 5.56 Å². The molecule has 0 aliphatic heterocycles. The van der Waals surface area contributed by atoms with Gasteiger partial charge in [-0.05, 0) is 52.9 Å². The van der Waals surface area contributed by atoms with Crippen LogP contribution in [0.4, 0.5) is 0 Å². The summed E-state index contributed by atoms with van der Waals surface area (Å²) in [5.74, 6) is 0.938. The van der Waals surface area contributed by atoms with Crippen molar-refractivity contribution in [2.75, 3.05) is 6.61 Å². The van der Waals surface area contributed by atoms with Crippen LogP contribution < -0.4 is 10.5 Å². The topological polar surface area (TPSA) is 52.3 Å². The minimum atomic E-state index is -0.430. The first kappa shape index (κ1) is 11.5. The lowest BCUT2D eigenvalue weighted by Crippen LogP contribution is -2.19. The van der Waals surface area contributed by atoms with Gasteiger partial charge in [0.25, 0.3) is 0 Å². The molecule has 1 fully saturated rings. The van der Waals surface area contributed by atoms with Gasteiger partial charge in [0.1, 0.15) is 5.75 Å². The van der Waals surface area contributed by atoms with Gasteiger partial charge in [-0.1, -0.05) is 6.42 Å². The van der Waals surface area contributed by atoms with Crippen molar-refractivity contribution in [3.05, 3.63) is 28.2 Å². The summed E-state index contributed by atoms with van der Waals surface area (Å²) in [7, 11) is 0. The minimum Gasteiger partial charge on any atom is -0.492 e. The fourth-order valence-electron chi connectivity index (χ4n) is 1.63. The first-order chi connectivity index (χ1) is 7.66. The van der Waals surface area contributed by atoms with Gasteiger partial charge in [0.2, 0.25) is 5.91 Å². The molecular formula is C12H14BrNO2. The number of carbonyl (C=O) groups excluding carboxylic acids is 1. The Labute approximate surface area is 103 Å². The van der Waals surface area contributed by atoms with E-state index in [9.17, 15) is 4.79 Å². The molecule has 1 aliphatic carbocycles. The summed E-state index contributed by atoms with van der Waals surface area (Å²) in [5.41, 5.74) is 5.69. The van der Waals surface area contributed by atoms with Crippen molar-refractivity contribution in [2.45, 2.75) is 19.3 Å². The lowest BCUT2D eigenvalue weighted by Gasteiger charge is -2.25. The molecule has 16 heavy (non-hydrogen) atoms. The maximum Gasteiger partial charge on any atom is 0.248 e. The summed E-state index contributed by atoms with van der Waals surface area (Å²) in [6, 6.07) is 5.16. The molecule has 86 valence electrons. The normalized spacial score (nSPS) is 15.6. The van der Waals surface area contributed by atoms with Crippen LogP contribution in [0.2, 0.25) is 0 Å². The van der Waals surface area contributed by atoms with Crippen LogP contribution in [0.3, 0.4) is 0 Å². The van der Waals surface area contributed by atoms with E-state index in [1.54, 1.807) is 18.2 Å². The number of primary amides is 1. The van der Waals surface area contributed by atoms with Crippen LogP contribution in [0, 0.1) is 5.92 Å². The van der Waals surface area contributed by atoms with Gasteiger partial charge < -0.3 is 10.5 Å². The zero-order valence-electron chi connectivity index (χ0n) is 8.91. The number of halogens is 1. The molecule has 1 aromatic carbocycles. The van der Waals surface area contributed by atoms with Gasteiger partial charge in [-0.3, -0.25) is 4.79 Å². The summed E-state index contributed by atoms with van der Waals surface area (Å²) < 4.78 is 6.54. The average molecular weight is 284 g/mol. The number of hydrogen-bond donors (Lipinski definition) is 1. The van der Waals surface area contributed by atoms with Gasteiger partial charge in [-0.15, -0.1) is 0 Å². The fourth-order valence-corrected chi connectivity index (χ4v) is 2.00. The Bertz CT molecular complexity index is 402. The number of ether oxygens (including phenoxy) is 1. The van der Waals surface area contributed by atoms with Crippen molar-refractivity contribution in [3.8, 4) is 5.75 Å². The molecule has 3 nitrogen and oxygen atoms in total. The monoisotopic (exact) mass is 283 g/mol. The Morgan fingerprint density at radius 3 is 2.81 bits per heavy atom. The molecule has 1 amide bonds. The molecule has 1 saturated carbocycles. The molecule has 0 saturated heterocycles. The zero-order chi connectivity index (χ0) is 11.5. The number of amides is 1. The Hall–Kier alpha value is -1.03. The average Bonchev–Trinajstić information content (AvgIpc) is 2.18. The molecule has 0 bridgehead atoms. The third kappa shape index (κ3) is 2.55. The smallest absolute Gasteiger partial charge is 0.248 e. The van der Waals surface area contributed by atoms with Crippen molar-refractivity contribution in [2.24, 2.45) is 11.7 Å². The Morgan fingerprint density at radius 1 is 1.50 bits per heavy atom. The molecule has 4 heteroatoms. The van der Waals surface area contributed by atoms with Crippen molar-refractivity contribution < 1.29 is 9.53 Å². The highest BCUT2D eigenvalue weighted by Gasteiger charge is 2.18. The molecule has 0 radical (unpaired) electrons. The van der Waals surface area contributed by atoms with E-state index in [-0.39, 0.29) is 0 Å². The zero-order valence-corrected chi connectivity index (χ0v) is 10.5. The highest BCUT2D eigenvalue weighted by atomic mass is 79.9. The quantitative estimate of drug-likeness (QED) is 0.924. The second-order valence-electron chi connectivity index (χ2n) is 4.12. The van der Waals surface area contributed by atoms with Crippen LogP contribution in [-0.2, 0) is 0 Å². The molecule has 0 unspecified atom stereocenters. The Kier molecular flexibility index (Phi) is 3.49. The van der Waals surface area contributed by atoms with Crippen LogP contribution >= 0.6 is 15.9 Å². The molecule has 1 aliphatic rings. The molecule has 1 aromatic rings. The van der Waals surface area contributed by atoms with E-state index < -0.39 is 5.91 Å². The third-order valence-electron chi connectivity index (χ3n) is 2.92. The maximum absolute atomic E-state index is 11.0. The van der Waals surface area contributed by atoms with Crippen LogP contribution in [0.25, 0.3) is 0 Å². The molecule has 0 aromatic heterocycles. The fraction of sp³-hybridized carbons (Fsp3) is 0.417. The van der Waals surface area contributed by atoms with Gasteiger partial charge in [-0.2, -0.15) is 0 Å². The van der Waals surface area contributed by atoms with E-state index in [1.165, 1.54) is 19.3 Å². The maximum atomic E-state index is 11.0. The molecule has 0 heterocycles. The second kappa shape index (κ2) is 4.87. The van der Waals surface area contributed by atoms with E-state index in [4.69, 9.17) is 10.5 Å². The number of nitrogens with two attached hydrogens (primary N) is 1. The summed E-state index contributed by atoms with van der Waals surface area (Å²) in [6.45, 7) is 0.723. The lowest BCUT2D eigenvalue weighted by atomic mass is 9.86. The van der Waals surface area contributed by atoms with Crippen molar-refractivity contribution in [1.82, 2.24) is 0 Å². The van der Waals surface area contributed by atoms with E-state index in [2.05, 4.69) is 15.9 Å². The predicted octanol–water partition coefficient (Wildman–Crippen LogP) is 2.73. The molecule has 2 N–H and O–H groups in total. The summed E-state index contributed by atoms with van der Waals surface area (Å²) >= 11 is 3.39. The highest BCUT2D eigenvalue weighted by Crippen LogP contribution is 2.30. The van der Waals surface area contributed by atoms with Crippen LogP contribution in [0.5, 0.6) is 5.75 Å². The van der Waals surface area contributed by atoms with Crippen LogP contribution in [-0.4, -0.2) is 12.5 Å². The number of hydrogen-bond acceptors (Lipinski definition) is 2. The first-order valence-electron chi connectivity index (χ1n) is 5.39. The summed E-state index contributed by atoms with van der Waals surface area (Å²) in [5, 5.41) is 0. The Morgan fingerprint density at radius 2 is 2.25 bits per heavy atom. The van der Waals surface area contributed by atoms with E-state index >= 15 is 0 Å². The van der Waals surface area contributed by atoms with Crippen molar-refractivity contribution in [1.29, 1.82) is 0 Å². The van der Waals surface area contributed by atoms with Gasteiger partial charge in [-0.25, -0.2) is 0 Å². The molecule has 0 atom stereocenters. The van der Waals surface area contributed by atoms with Gasteiger partial charge in [0.15, 0.2) is 0 Å². The lowest BCUT2D eigenvalue weighted by molar-refractivity contribution is 0.0999. The molecular weight excluding hydrogens is 270 g/mol.